The van der Waals surface area contributed by atoms with Gasteiger partial charge in [-0.05, 0) is 78.8 Å². The van der Waals surface area contributed by atoms with E-state index in [1.807, 2.05) is 49.4 Å². The number of fused-ring (bicyclic) bond motifs is 7. The summed E-state index contributed by atoms with van der Waals surface area (Å²) in [6.45, 7) is 3.45. The average molecular weight is 600 g/mol. The van der Waals surface area contributed by atoms with Crippen molar-refractivity contribution >= 4 is 17.3 Å². The number of hydrogen-bond acceptors (Lipinski definition) is 8. The van der Waals surface area contributed by atoms with Gasteiger partial charge in [-0.1, -0.05) is 61.9 Å². The third-order valence-corrected chi connectivity index (χ3v) is 11.8. The monoisotopic (exact) mass is 599 g/mol. The summed E-state index contributed by atoms with van der Waals surface area (Å²) in [6.07, 6.45) is 6.45. The minimum absolute atomic E-state index is 0.00401. The Morgan fingerprint density at radius 1 is 1.09 bits per heavy atom. The van der Waals surface area contributed by atoms with Crippen molar-refractivity contribution in [1.29, 1.82) is 0 Å². The number of aliphatic hydroxyl groups is 3. The molecule has 5 aliphatic rings. The Morgan fingerprint density at radius 2 is 1.84 bits per heavy atom. The van der Waals surface area contributed by atoms with Crippen LogP contribution in [0.15, 0.2) is 66.3 Å². The molecular weight excluding hydrogens is 558 g/mol. The second-order valence-electron chi connectivity index (χ2n) is 13.9. The lowest BCUT2D eigenvalue weighted by Crippen LogP contribution is -2.63. The van der Waals surface area contributed by atoms with E-state index in [1.54, 1.807) is 18.2 Å². The number of benzene rings is 2. The molecule has 232 valence electrons. The van der Waals surface area contributed by atoms with Gasteiger partial charge in [-0.3, -0.25) is 9.59 Å². The maximum absolute atomic E-state index is 13.8. The van der Waals surface area contributed by atoms with Crippen molar-refractivity contribution in [2.75, 3.05) is 12.3 Å². The predicted octanol–water partition coefficient (Wildman–Crippen LogP) is 3.95. The fourth-order valence-corrected chi connectivity index (χ4v) is 9.75. The summed E-state index contributed by atoms with van der Waals surface area (Å²) in [5.41, 5.74) is 8.94. The molecule has 44 heavy (non-hydrogen) atoms. The van der Waals surface area contributed by atoms with Crippen molar-refractivity contribution < 1.29 is 34.4 Å². The normalized spacial score (nSPS) is 38.8. The molecule has 8 heteroatoms. The van der Waals surface area contributed by atoms with Crippen molar-refractivity contribution in [2.24, 2.45) is 28.6 Å². The van der Waals surface area contributed by atoms with E-state index in [9.17, 15) is 24.9 Å². The van der Waals surface area contributed by atoms with Gasteiger partial charge in [-0.15, -0.1) is 0 Å². The molecule has 0 amide bonds. The number of ether oxygens (including phenoxy) is 2. The summed E-state index contributed by atoms with van der Waals surface area (Å²) in [4.78, 5) is 25.9. The highest BCUT2D eigenvalue weighted by Gasteiger charge is 2.75. The summed E-state index contributed by atoms with van der Waals surface area (Å²) < 4.78 is 13.3. The average Bonchev–Trinajstić information content (AvgIpc) is 3.51. The largest absolute Gasteiger partial charge is 0.398 e. The molecule has 8 nitrogen and oxygen atoms in total. The molecular formula is C36H41NO7. The van der Waals surface area contributed by atoms with Gasteiger partial charge >= 0.3 is 0 Å². The van der Waals surface area contributed by atoms with E-state index in [1.165, 1.54) is 0 Å². The van der Waals surface area contributed by atoms with Gasteiger partial charge < -0.3 is 30.5 Å². The molecule has 1 aliphatic heterocycles. The number of allylic oxidation sites excluding steroid dienone is 4. The van der Waals surface area contributed by atoms with Crippen molar-refractivity contribution in [3.63, 3.8) is 0 Å². The highest BCUT2D eigenvalue weighted by atomic mass is 16.7. The fourth-order valence-electron chi connectivity index (χ4n) is 9.75. The number of nitrogen functional groups attached to an aromatic ring is 1. The van der Waals surface area contributed by atoms with Crippen molar-refractivity contribution in [1.82, 2.24) is 0 Å². The molecule has 9 atom stereocenters. The van der Waals surface area contributed by atoms with E-state index < -0.39 is 47.3 Å². The van der Waals surface area contributed by atoms with Gasteiger partial charge in [0.2, 0.25) is 0 Å². The minimum Gasteiger partial charge on any atom is -0.398 e. The Labute approximate surface area is 257 Å². The van der Waals surface area contributed by atoms with Crippen LogP contribution in [-0.4, -0.2) is 51.3 Å². The Bertz CT molecular complexity index is 1560. The molecule has 0 radical (unpaired) electrons. The Hall–Kier alpha value is -3.14. The van der Waals surface area contributed by atoms with Gasteiger partial charge in [0.05, 0.1) is 18.8 Å². The number of anilines is 1. The zero-order valence-electron chi connectivity index (χ0n) is 25.2. The van der Waals surface area contributed by atoms with E-state index in [0.29, 0.717) is 24.9 Å². The first-order valence-electron chi connectivity index (χ1n) is 15.7. The molecule has 4 fully saturated rings. The van der Waals surface area contributed by atoms with E-state index in [4.69, 9.17) is 15.2 Å². The van der Waals surface area contributed by atoms with Crippen LogP contribution < -0.4 is 5.73 Å². The van der Waals surface area contributed by atoms with Crippen LogP contribution in [0.4, 0.5) is 5.69 Å². The van der Waals surface area contributed by atoms with Crippen molar-refractivity contribution in [2.45, 2.75) is 76.7 Å². The first kappa shape index (κ1) is 29.6. The van der Waals surface area contributed by atoms with Gasteiger partial charge in [0.1, 0.15) is 6.61 Å². The molecule has 0 unspecified atom stereocenters. The Morgan fingerprint density at radius 3 is 2.55 bits per heavy atom. The van der Waals surface area contributed by atoms with Crippen LogP contribution in [0.1, 0.15) is 68.1 Å². The van der Waals surface area contributed by atoms with Crippen LogP contribution in [0.2, 0.25) is 0 Å². The summed E-state index contributed by atoms with van der Waals surface area (Å²) in [7, 11) is 0. The lowest BCUT2D eigenvalue weighted by atomic mass is 9.46. The van der Waals surface area contributed by atoms with E-state index in [0.717, 1.165) is 40.7 Å². The second-order valence-corrected chi connectivity index (χ2v) is 13.9. The number of hydrogen-bond donors (Lipinski definition) is 4. The second kappa shape index (κ2) is 10.5. The standard InChI is InChI=1S/C36H41NO7/c1-34-12-11-25(40)15-24(34)9-10-26-27-16-31-36(30(42)19-39,35(27,2)17-29(41)32(26)34)44-33(43-31)22-6-3-20(4-7-22)13-23-8-5-21(18-38)14-28(23)37/h3-8,11-12,14-15,26-27,29,31-33,38-39,41H,9-10,13,16-19,37H2,1-2H3/t26-,27-,29-,31+,32+,33+,34-,35-,36+/m0/s1. The molecule has 0 aromatic heterocycles. The molecule has 0 bridgehead atoms. The summed E-state index contributed by atoms with van der Waals surface area (Å²) in [6, 6.07) is 13.4. The topological polar surface area (TPSA) is 139 Å². The van der Waals surface area contributed by atoms with Crippen molar-refractivity contribution in [3.05, 3.63) is 88.5 Å². The number of nitrogens with two attached hydrogens (primary N) is 1. The van der Waals surface area contributed by atoms with Crippen LogP contribution in [0.3, 0.4) is 0 Å². The van der Waals surface area contributed by atoms with E-state index in [2.05, 4.69) is 6.92 Å². The van der Waals surface area contributed by atoms with Gasteiger partial charge in [-0.2, -0.15) is 0 Å². The fraction of sp³-hybridized carbons (Fsp3) is 0.500. The number of rotatable bonds is 6. The van der Waals surface area contributed by atoms with E-state index >= 15 is 0 Å². The van der Waals surface area contributed by atoms with Crippen LogP contribution in [0.5, 0.6) is 0 Å². The van der Waals surface area contributed by atoms with Crippen LogP contribution in [-0.2, 0) is 32.1 Å². The highest BCUT2D eigenvalue weighted by Crippen LogP contribution is 2.70. The lowest BCUT2D eigenvalue weighted by molar-refractivity contribution is -0.201. The first-order chi connectivity index (χ1) is 21.0. The zero-order chi connectivity index (χ0) is 31.0. The van der Waals surface area contributed by atoms with Gasteiger partial charge in [-0.25, -0.2) is 0 Å². The van der Waals surface area contributed by atoms with Gasteiger partial charge in [0, 0.05) is 28.0 Å². The number of carbonyl (C=O) groups is 2. The molecule has 3 saturated carbocycles. The minimum atomic E-state index is -1.38. The van der Waals surface area contributed by atoms with Crippen LogP contribution in [0, 0.1) is 28.6 Å². The molecule has 2 aromatic rings. The Balaban J connectivity index is 1.16. The van der Waals surface area contributed by atoms with Crippen molar-refractivity contribution in [3.8, 4) is 0 Å². The smallest absolute Gasteiger partial charge is 0.193 e. The van der Waals surface area contributed by atoms with Gasteiger partial charge in [0.25, 0.3) is 0 Å². The first-order valence-corrected chi connectivity index (χ1v) is 15.7. The lowest BCUT2D eigenvalue weighted by Gasteiger charge is -2.59. The molecule has 5 N–H and O–H groups in total. The molecule has 2 aromatic carbocycles. The summed E-state index contributed by atoms with van der Waals surface area (Å²) in [5.74, 6) is -0.323. The molecule has 0 spiro atoms. The molecule has 4 aliphatic carbocycles. The SMILES string of the molecule is C[C@]12C=CC(=O)C=C1CC[C@@H]1[C@@H]2[C@@H](O)C[C@@]2(C)[C@H]1C[C@H]1O[C@@H](c3ccc(Cc4ccc(CO)cc4N)cc3)O[C@]12C(=O)CO. The third kappa shape index (κ3) is 4.15. The Kier molecular flexibility index (Phi) is 7.03. The predicted molar refractivity (Wildman–Crippen MR) is 163 cm³/mol. The molecule has 1 heterocycles. The number of carbonyl (C=O) groups excluding carboxylic acids is 2. The van der Waals surface area contributed by atoms with Crippen LogP contribution in [0.25, 0.3) is 0 Å². The van der Waals surface area contributed by atoms with E-state index in [-0.39, 0.29) is 30.1 Å². The van der Waals surface area contributed by atoms with Crippen LogP contribution >= 0.6 is 0 Å². The maximum Gasteiger partial charge on any atom is 0.193 e. The molecule has 1 saturated heterocycles. The highest BCUT2D eigenvalue weighted by molar-refractivity contribution is 6.01. The zero-order valence-corrected chi connectivity index (χ0v) is 25.2. The maximum atomic E-state index is 13.8. The quantitative estimate of drug-likeness (QED) is 0.366. The van der Waals surface area contributed by atoms with Gasteiger partial charge in [0.15, 0.2) is 23.5 Å². The number of ketones is 2. The molecule has 7 rings (SSSR count). The third-order valence-electron chi connectivity index (χ3n) is 11.8. The summed E-state index contributed by atoms with van der Waals surface area (Å²) >= 11 is 0. The number of aliphatic hydroxyl groups excluding tert-OH is 3. The number of Topliss-reactive ketones (excluding diaryl/α,β-unsaturated/α-hetero) is 1. The summed E-state index contributed by atoms with van der Waals surface area (Å²) in [5, 5.41) is 31.4.